The molecule has 5 nitrogen and oxygen atoms in total. The number of amides is 1. The number of aromatic nitrogens is 3. The molecular weight excluding hydrogens is 252 g/mol. The highest BCUT2D eigenvalue weighted by atomic mass is 16.2. The first kappa shape index (κ1) is 15.0. The van der Waals surface area contributed by atoms with Crippen LogP contribution in [0.25, 0.3) is 0 Å². The highest BCUT2D eigenvalue weighted by Crippen LogP contribution is 2.30. The predicted octanol–water partition coefficient (Wildman–Crippen LogP) is 2.87. The first-order chi connectivity index (χ1) is 9.49. The number of hydrogen-bond donors (Lipinski definition) is 2. The molecule has 1 fully saturated rings. The SMILES string of the molecule is CC(C)c1nc(C(=O)NC2CCCCC2C(C)C)n[nH]1. The van der Waals surface area contributed by atoms with Crippen LogP contribution >= 0.6 is 0 Å². The molecule has 20 heavy (non-hydrogen) atoms. The van der Waals surface area contributed by atoms with E-state index in [0.717, 1.165) is 12.2 Å². The van der Waals surface area contributed by atoms with E-state index in [4.69, 9.17) is 0 Å². The Hall–Kier alpha value is -1.39. The number of rotatable bonds is 4. The van der Waals surface area contributed by atoms with Crippen LogP contribution in [0.3, 0.4) is 0 Å². The lowest BCUT2D eigenvalue weighted by Crippen LogP contribution is -2.44. The lowest BCUT2D eigenvalue weighted by molar-refractivity contribution is 0.0879. The summed E-state index contributed by atoms with van der Waals surface area (Å²) in [6.07, 6.45) is 4.73. The molecule has 2 N–H and O–H groups in total. The fraction of sp³-hybridized carbons (Fsp3) is 0.800. The van der Waals surface area contributed by atoms with Crippen molar-refractivity contribution in [2.24, 2.45) is 11.8 Å². The van der Waals surface area contributed by atoms with Crippen molar-refractivity contribution in [2.75, 3.05) is 0 Å². The normalized spacial score (nSPS) is 23.3. The highest BCUT2D eigenvalue weighted by Gasteiger charge is 2.29. The second-order valence-electron chi connectivity index (χ2n) is 6.47. The van der Waals surface area contributed by atoms with E-state index in [1.165, 1.54) is 19.3 Å². The molecule has 1 amide bonds. The molecule has 2 unspecified atom stereocenters. The smallest absolute Gasteiger partial charge is 0.291 e. The molecule has 0 aromatic carbocycles. The predicted molar refractivity (Wildman–Crippen MR) is 78.5 cm³/mol. The molecule has 0 spiro atoms. The van der Waals surface area contributed by atoms with Gasteiger partial charge in [0, 0.05) is 12.0 Å². The van der Waals surface area contributed by atoms with Gasteiger partial charge in [-0.15, -0.1) is 5.10 Å². The standard InChI is InChI=1S/C15H26N4O/c1-9(2)11-7-5-6-8-12(11)16-15(20)14-17-13(10(3)4)18-19-14/h9-12H,5-8H2,1-4H3,(H,16,20)(H,17,18,19). The molecule has 2 rings (SSSR count). The van der Waals surface area contributed by atoms with Crippen molar-refractivity contribution in [3.8, 4) is 0 Å². The summed E-state index contributed by atoms with van der Waals surface area (Å²) in [4.78, 5) is 16.5. The van der Waals surface area contributed by atoms with Gasteiger partial charge < -0.3 is 5.32 Å². The summed E-state index contributed by atoms with van der Waals surface area (Å²) in [5, 5.41) is 9.99. The maximum Gasteiger partial charge on any atom is 0.291 e. The van der Waals surface area contributed by atoms with Gasteiger partial charge in [-0.1, -0.05) is 40.5 Å². The third kappa shape index (κ3) is 3.38. The van der Waals surface area contributed by atoms with Crippen LogP contribution in [0.2, 0.25) is 0 Å². The zero-order valence-electron chi connectivity index (χ0n) is 12.9. The number of aromatic amines is 1. The first-order valence-corrected chi connectivity index (χ1v) is 7.72. The summed E-state index contributed by atoms with van der Waals surface area (Å²) in [6, 6.07) is 0.261. The van der Waals surface area contributed by atoms with Gasteiger partial charge in [-0.25, -0.2) is 4.98 Å². The molecule has 1 aliphatic carbocycles. The van der Waals surface area contributed by atoms with E-state index in [1.54, 1.807) is 0 Å². The molecule has 1 aromatic heterocycles. The van der Waals surface area contributed by atoms with Crippen LogP contribution in [-0.2, 0) is 0 Å². The van der Waals surface area contributed by atoms with Crippen molar-refractivity contribution in [1.82, 2.24) is 20.5 Å². The van der Waals surface area contributed by atoms with Gasteiger partial charge in [0.1, 0.15) is 5.82 Å². The average Bonchev–Trinajstić information content (AvgIpc) is 2.89. The minimum Gasteiger partial charge on any atom is -0.346 e. The van der Waals surface area contributed by atoms with E-state index in [2.05, 4.69) is 34.3 Å². The Bertz CT molecular complexity index is 452. The molecule has 0 bridgehead atoms. The second kappa shape index (κ2) is 6.37. The van der Waals surface area contributed by atoms with Crippen molar-refractivity contribution in [1.29, 1.82) is 0 Å². The number of hydrogen-bond acceptors (Lipinski definition) is 3. The number of nitrogens with one attached hydrogen (secondary N) is 2. The van der Waals surface area contributed by atoms with Crippen LogP contribution in [0.1, 0.15) is 75.7 Å². The van der Waals surface area contributed by atoms with Crippen LogP contribution in [0, 0.1) is 11.8 Å². The zero-order chi connectivity index (χ0) is 14.7. The molecule has 1 aromatic rings. The van der Waals surface area contributed by atoms with Crippen LogP contribution in [0.15, 0.2) is 0 Å². The Morgan fingerprint density at radius 3 is 2.55 bits per heavy atom. The van der Waals surface area contributed by atoms with Crippen molar-refractivity contribution in [3.63, 3.8) is 0 Å². The Morgan fingerprint density at radius 2 is 1.95 bits per heavy atom. The zero-order valence-corrected chi connectivity index (χ0v) is 12.9. The van der Waals surface area contributed by atoms with Gasteiger partial charge in [-0.3, -0.25) is 9.89 Å². The molecule has 2 atom stereocenters. The maximum atomic E-state index is 12.3. The minimum absolute atomic E-state index is 0.147. The quantitative estimate of drug-likeness (QED) is 0.889. The van der Waals surface area contributed by atoms with Gasteiger partial charge in [0.25, 0.3) is 5.91 Å². The second-order valence-corrected chi connectivity index (χ2v) is 6.47. The summed E-state index contributed by atoms with van der Waals surface area (Å²) in [5.74, 6) is 2.30. The topological polar surface area (TPSA) is 70.7 Å². The monoisotopic (exact) mass is 278 g/mol. The maximum absolute atomic E-state index is 12.3. The molecule has 5 heteroatoms. The molecule has 112 valence electrons. The lowest BCUT2D eigenvalue weighted by Gasteiger charge is -2.34. The highest BCUT2D eigenvalue weighted by molar-refractivity contribution is 5.90. The van der Waals surface area contributed by atoms with Crippen LogP contribution in [-0.4, -0.2) is 27.1 Å². The van der Waals surface area contributed by atoms with E-state index in [-0.39, 0.29) is 23.7 Å². The van der Waals surface area contributed by atoms with Gasteiger partial charge in [0.2, 0.25) is 5.82 Å². The van der Waals surface area contributed by atoms with E-state index in [9.17, 15) is 4.79 Å². The van der Waals surface area contributed by atoms with E-state index in [0.29, 0.717) is 11.8 Å². The van der Waals surface area contributed by atoms with E-state index < -0.39 is 0 Å². The summed E-state index contributed by atoms with van der Waals surface area (Å²) in [6.45, 7) is 8.52. The summed E-state index contributed by atoms with van der Waals surface area (Å²) in [7, 11) is 0. The van der Waals surface area contributed by atoms with Crippen LogP contribution in [0.4, 0.5) is 0 Å². The third-order valence-electron chi connectivity index (χ3n) is 4.24. The minimum atomic E-state index is -0.147. The number of carbonyl (C=O) groups is 1. The summed E-state index contributed by atoms with van der Waals surface area (Å²) < 4.78 is 0. The molecular formula is C15H26N4O. The fourth-order valence-electron chi connectivity index (χ4n) is 3.00. The Balaban J connectivity index is 2.01. The van der Waals surface area contributed by atoms with Gasteiger partial charge in [0.05, 0.1) is 0 Å². The van der Waals surface area contributed by atoms with Crippen molar-refractivity contribution in [2.45, 2.75) is 65.3 Å². The number of carbonyl (C=O) groups excluding carboxylic acids is 1. The van der Waals surface area contributed by atoms with Gasteiger partial charge >= 0.3 is 0 Å². The average molecular weight is 278 g/mol. The van der Waals surface area contributed by atoms with Crippen molar-refractivity contribution < 1.29 is 4.79 Å². The van der Waals surface area contributed by atoms with Crippen molar-refractivity contribution in [3.05, 3.63) is 11.6 Å². The number of nitrogens with zero attached hydrogens (tertiary/aromatic N) is 2. The summed E-state index contributed by atoms with van der Waals surface area (Å²) in [5.41, 5.74) is 0. The molecule has 1 aliphatic rings. The van der Waals surface area contributed by atoms with Gasteiger partial charge in [-0.05, 0) is 24.7 Å². The Labute approximate surface area is 120 Å². The van der Waals surface area contributed by atoms with Crippen LogP contribution in [0.5, 0.6) is 0 Å². The molecule has 0 aliphatic heterocycles. The van der Waals surface area contributed by atoms with Gasteiger partial charge in [0.15, 0.2) is 0 Å². The van der Waals surface area contributed by atoms with Crippen LogP contribution < -0.4 is 5.32 Å². The molecule has 0 radical (unpaired) electrons. The number of H-pyrrole nitrogens is 1. The first-order valence-electron chi connectivity index (χ1n) is 7.72. The Morgan fingerprint density at radius 1 is 1.25 bits per heavy atom. The fourth-order valence-corrected chi connectivity index (χ4v) is 3.00. The van der Waals surface area contributed by atoms with Crippen molar-refractivity contribution >= 4 is 5.91 Å². The van der Waals surface area contributed by atoms with Gasteiger partial charge in [-0.2, -0.15) is 0 Å². The van der Waals surface area contributed by atoms with E-state index in [1.807, 2.05) is 13.8 Å². The summed E-state index contributed by atoms with van der Waals surface area (Å²) >= 11 is 0. The molecule has 1 heterocycles. The molecule has 1 saturated carbocycles. The molecule has 0 saturated heterocycles. The lowest BCUT2D eigenvalue weighted by atomic mass is 9.78. The Kier molecular flexibility index (Phi) is 4.78. The largest absolute Gasteiger partial charge is 0.346 e. The van der Waals surface area contributed by atoms with E-state index >= 15 is 0 Å². The third-order valence-corrected chi connectivity index (χ3v) is 4.24.